The zero-order valence-corrected chi connectivity index (χ0v) is 23.4. The number of fused-ring (bicyclic) bond motifs is 1. The van der Waals surface area contributed by atoms with Gasteiger partial charge in [0.2, 0.25) is 0 Å². The van der Waals surface area contributed by atoms with Crippen LogP contribution in [0.1, 0.15) is 62.9 Å². The second-order valence-electron chi connectivity index (χ2n) is 10.6. The molecule has 7 nitrogen and oxygen atoms in total. The van der Waals surface area contributed by atoms with Crippen LogP contribution in [0, 0.1) is 5.92 Å². The molecule has 0 aromatic heterocycles. The van der Waals surface area contributed by atoms with Gasteiger partial charge in [-0.2, -0.15) is 0 Å². The van der Waals surface area contributed by atoms with E-state index in [2.05, 4.69) is 0 Å². The van der Waals surface area contributed by atoms with Gasteiger partial charge in [-0.15, -0.1) is 11.8 Å². The maximum Gasteiger partial charge on any atom is 0.335 e. The van der Waals surface area contributed by atoms with Crippen molar-refractivity contribution in [3.63, 3.8) is 0 Å². The smallest absolute Gasteiger partial charge is 0.335 e. The van der Waals surface area contributed by atoms with Crippen LogP contribution in [-0.4, -0.2) is 59.4 Å². The maximum absolute atomic E-state index is 13.5. The van der Waals surface area contributed by atoms with Crippen molar-refractivity contribution in [3.05, 3.63) is 71.8 Å². The second kappa shape index (κ2) is 14.1. The minimum Gasteiger partial charge on any atom is -0.459 e. The molecule has 212 valence electrons. The van der Waals surface area contributed by atoms with E-state index in [1.165, 1.54) is 18.2 Å². The molecule has 2 aromatic rings. The van der Waals surface area contributed by atoms with E-state index >= 15 is 0 Å². The number of hydrogen-bond acceptors (Lipinski definition) is 8. The molecular weight excluding hydrogens is 516 g/mol. The Hall–Kier alpha value is -1.94. The third kappa shape index (κ3) is 7.43. The number of carbonyl (C=O) groups excluding carboxylic acids is 1. The normalized spacial score (nSPS) is 30.3. The van der Waals surface area contributed by atoms with Crippen molar-refractivity contribution in [2.24, 2.45) is 5.92 Å². The Morgan fingerprint density at radius 3 is 2.46 bits per heavy atom. The van der Waals surface area contributed by atoms with Gasteiger partial charge < -0.3 is 28.8 Å². The average molecular weight is 557 g/mol. The van der Waals surface area contributed by atoms with E-state index in [1.807, 2.05) is 67.6 Å². The highest BCUT2D eigenvalue weighted by Crippen LogP contribution is 2.39. The van der Waals surface area contributed by atoms with Crippen LogP contribution in [0.25, 0.3) is 0 Å². The maximum atomic E-state index is 13.5. The predicted molar refractivity (Wildman–Crippen MR) is 149 cm³/mol. The van der Waals surface area contributed by atoms with Crippen LogP contribution in [0.15, 0.2) is 60.7 Å². The summed E-state index contributed by atoms with van der Waals surface area (Å²) in [5, 5.41) is 11.5. The fraction of sp³-hybridized carbons (Fsp3) is 0.581. The summed E-state index contributed by atoms with van der Waals surface area (Å²) in [5.41, 5.74) is 1.30. The number of rotatable bonds is 10. The van der Waals surface area contributed by atoms with Gasteiger partial charge in [0.1, 0.15) is 36.5 Å². The minimum atomic E-state index is -0.971. The fourth-order valence-corrected chi connectivity index (χ4v) is 6.65. The average Bonchev–Trinajstić information content (AvgIpc) is 2.99. The number of hydrogen-bond donors (Lipinski definition) is 1. The Morgan fingerprint density at radius 1 is 1.03 bits per heavy atom. The molecule has 3 aliphatic rings. The molecule has 39 heavy (non-hydrogen) atoms. The minimum absolute atomic E-state index is 0.182. The van der Waals surface area contributed by atoms with E-state index in [4.69, 9.17) is 23.7 Å². The number of carbonyl (C=O) groups is 1. The number of ether oxygens (including phenoxy) is 5. The first kappa shape index (κ1) is 28.6. The van der Waals surface area contributed by atoms with Crippen LogP contribution in [0.2, 0.25) is 0 Å². The van der Waals surface area contributed by atoms with Crippen molar-refractivity contribution in [2.45, 2.75) is 94.3 Å². The van der Waals surface area contributed by atoms with E-state index in [9.17, 15) is 9.90 Å². The summed E-state index contributed by atoms with van der Waals surface area (Å²) in [7, 11) is 0. The Labute approximate surface area is 235 Å². The van der Waals surface area contributed by atoms with E-state index in [1.54, 1.807) is 0 Å². The van der Waals surface area contributed by atoms with Crippen LogP contribution in [0.3, 0.4) is 0 Å². The number of aliphatic hydroxyl groups is 1. The molecule has 5 rings (SSSR count). The monoisotopic (exact) mass is 556 g/mol. The molecule has 3 unspecified atom stereocenters. The Bertz CT molecular complexity index is 1020. The molecule has 2 aromatic carbocycles. The topological polar surface area (TPSA) is 83.5 Å². The SMILES string of the molecule is CCS[C@@H]1O[C@H]2COC(c3ccccc3)O[C@@H]2C(O[C@@H](CC2CCCCC2)C(=O)OCc2ccccc2)C1O. The molecule has 2 heterocycles. The van der Waals surface area contributed by atoms with Crippen molar-refractivity contribution in [1.82, 2.24) is 0 Å². The third-order valence-corrected chi connectivity index (χ3v) is 8.84. The first-order valence-corrected chi connectivity index (χ1v) is 15.3. The van der Waals surface area contributed by atoms with Crippen molar-refractivity contribution in [3.8, 4) is 0 Å². The lowest BCUT2D eigenvalue weighted by Gasteiger charge is -2.48. The molecular formula is C31H40O7S. The van der Waals surface area contributed by atoms with Gasteiger partial charge in [0.25, 0.3) is 0 Å². The summed E-state index contributed by atoms with van der Waals surface area (Å²) in [6, 6.07) is 19.4. The van der Waals surface area contributed by atoms with Gasteiger partial charge >= 0.3 is 5.97 Å². The van der Waals surface area contributed by atoms with Crippen LogP contribution in [0.4, 0.5) is 0 Å². The van der Waals surface area contributed by atoms with Crippen LogP contribution in [0.5, 0.6) is 0 Å². The molecule has 2 aliphatic heterocycles. The lowest BCUT2D eigenvalue weighted by Crippen LogP contribution is -2.62. The number of aliphatic hydroxyl groups excluding tert-OH is 1. The third-order valence-electron chi connectivity index (χ3n) is 7.79. The number of thioether (sulfide) groups is 1. The Kier molecular flexibility index (Phi) is 10.3. The Balaban J connectivity index is 1.35. The highest BCUT2D eigenvalue weighted by atomic mass is 32.2. The molecule has 0 spiro atoms. The first-order valence-electron chi connectivity index (χ1n) is 14.3. The summed E-state index contributed by atoms with van der Waals surface area (Å²) >= 11 is 1.52. The van der Waals surface area contributed by atoms with Crippen molar-refractivity contribution in [1.29, 1.82) is 0 Å². The van der Waals surface area contributed by atoms with E-state index in [0.717, 1.165) is 42.6 Å². The van der Waals surface area contributed by atoms with Crippen LogP contribution in [-0.2, 0) is 35.1 Å². The summed E-state index contributed by atoms with van der Waals surface area (Å²) in [6.07, 6.45) is 2.11. The molecule has 0 radical (unpaired) electrons. The van der Waals surface area contributed by atoms with Gasteiger partial charge in [0.15, 0.2) is 12.4 Å². The Morgan fingerprint density at radius 2 is 1.74 bits per heavy atom. The van der Waals surface area contributed by atoms with Crippen molar-refractivity contribution < 1.29 is 33.6 Å². The highest BCUT2D eigenvalue weighted by Gasteiger charge is 2.51. The van der Waals surface area contributed by atoms with E-state index < -0.39 is 48.2 Å². The molecule has 0 amide bonds. The summed E-state index contributed by atoms with van der Waals surface area (Å²) in [5.74, 6) is 0.755. The lowest BCUT2D eigenvalue weighted by atomic mass is 9.85. The quantitative estimate of drug-likeness (QED) is 0.389. The number of benzene rings is 2. The zero-order chi connectivity index (χ0) is 27.0. The number of esters is 1. The highest BCUT2D eigenvalue weighted by molar-refractivity contribution is 7.99. The zero-order valence-electron chi connectivity index (χ0n) is 22.6. The van der Waals surface area contributed by atoms with Gasteiger partial charge in [-0.05, 0) is 23.7 Å². The predicted octanol–water partition coefficient (Wildman–Crippen LogP) is 5.41. The summed E-state index contributed by atoms with van der Waals surface area (Å²) in [6.45, 7) is 2.51. The van der Waals surface area contributed by atoms with Gasteiger partial charge in [-0.25, -0.2) is 4.79 Å². The van der Waals surface area contributed by atoms with Gasteiger partial charge in [0.05, 0.1) is 6.61 Å². The molecule has 1 saturated carbocycles. The van der Waals surface area contributed by atoms with Gasteiger partial charge in [0, 0.05) is 5.56 Å². The second-order valence-corrected chi connectivity index (χ2v) is 12.0. The summed E-state index contributed by atoms with van der Waals surface area (Å²) in [4.78, 5) is 13.5. The van der Waals surface area contributed by atoms with Crippen LogP contribution >= 0.6 is 11.8 Å². The van der Waals surface area contributed by atoms with E-state index in [0.29, 0.717) is 18.9 Å². The van der Waals surface area contributed by atoms with Crippen molar-refractivity contribution >= 4 is 17.7 Å². The molecule has 1 aliphatic carbocycles. The van der Waals surface area contributed by atoms with E-state index in [-0.39, 0.29) is 6.61 Å². The largest absolute Gasteiger partial charge is 0.459 e. The lowest BCUT2D eigenvalue weighted by molar-refractivity contribution is -0.327. The molecule has 0 bridgehead atoms. The molecule has 8 heteroatoms. The standard InChI is InChI=1S/C31H40O7S/c1-2-39-31-26(32)28(27-25(37-31)20-35-30(38-27)23-16-10-5-11-17-23)36-24(18-21-12-6-3-7-13-21)29(33)34-19-22-14-8-4-9-15-22/h4-5,8-11,14-17,21,24-28,30-32H,2-3,6-7,12-13,18-20H2,1H3/t24-,25-,26?,27-,28?,30?,31-/m0/s1. The van der Waals surface area contributed by atoms with Crippen LogP contribution < -0.4 is 0 Å². The molecule has 3 fully saturated rings. The van der Waals surface area contributed by atoms with Crippen molar-refractivity contribution in [2.75, 3.05) is 12.4 Å². The molecule has 7 atom stereocenters. The first-order chi connectivity index (χ1) is 19.1. The van der Waals surface area contributed by atoms with Gasteiger partial charge in [-0.1, -0.05) is 99.7 Å². The fourth-order valence-electron chi connectivity index (χ4n) is 5.74. The van der Waals surface area contributed by atoms with Gasteiger partial charge in [-0.3, -0.25) is 0 Å². The molecule has 1 N–H and O–H groups in total. The summed E-state index contributed by atoms with van der Waals surface area (Å²) < 4.78 is 31.0. The molecule has 2 saturated heterocycles.